The van der Waals surface area contributed by atoms with E-state index < -0.39 is 0 Å². The number of nitro benzene ring substituents is 1. The van der Waals surface area contributed by atoms with Crippen LogP contribution in [0.1, 0.15) is 41.2 Å². The zero-order valence-corrected chi connectivity index (χ0v) is 19.9. The minimum atomic E-state index is -0.363. The SMILES string of the molecule is O=c1[nH]c2c(s1)[C@H](c1cc([N+](=O)[O-])ccc1OCc1ccccc1Cl)[C@H]1[C@H]3CC[C@@H](C3)[C@@H]1S2. The maximum atomic E-state index is 12.3. The number of fused-ring (bicyclic) bond motifs is 6. The van der Waals surface area contributed by atoms with Crippen molar-refractivity contribution in [2.75, 3.05) is 0 Å². The van der Waals surface area contributed by atoms with Gasteiger partial charge in [0.25, 0.3) is 5.69 Å². The van der Waals surface area contributed by atoms with E-state index in [0.29, 0.717) is 33.8 Å². The minimum absolute atomic E-state index is 0.0393. The number of H-pyrrole nitrogens is 1. The number of aromatic nitrogens is 1. The molecule has 9 heteroatoms. The fraction of sp³-hybridized carbons (Fsp3) is 0.375. The van der Waals surface area contributed by atoms with Crippen LogP contribution in [0, 0.1) is 27.9 Å². The zero-order chi connectivity index (χ0) is 22.7. The van der Waals surface area contributed by atoms with Crippen LogP contribution in [0.3, 0.4) is 0 Å². The molecule has 3 aliphatic rings. The lowest BCUT2D eigenvalue weighted by atomic mass is 9.74. The van der Waals surface area contributed by atoms with Crippen molar-refractivity contribution in [2.24, 2.45) is 17.8 Å². The summed E-state index contributed by atoms with van der Waals surface area (Å²) >= 11 is 9.35. The molecule has 6 nitrogen and oxygen atoms in total. The van der Waals surface area contributed by atoms with E-state index in [1.165, 1.54) is 36.7 Å². The second kappa shape index (κ2) is 8.18. The number of ether oxygens (including phenoxy) is 1. The standard InChI is InChI=1S/C24H21ClN2O4S2/c25-17-4-2-1-3-14(17)11-31-18-8-7-15(27(29)30)10-16(18)20-19-12-5-6-13(9-12)21(19)32-23-22(20)33-24(28)26-23/h1-4,7-8,10,12-13,19-21H,5-6,9,11H2,(H,26,28)/t12-,13-,19+,20+,21-/m0/s1. The number of aromatic amines is 1. The third-order valence-electron chi connectivity index (χ3n) is 7.35. The van der Waals surface area contributed by atoms with Crippen molar-refractivity contribution in [3.05, 3.63) is 83.3 Å². The number of halogens is 1. The smallest absolute Gasteiger partial charge is 0.305 e. The number of hydrogen-bond donors (Lipinski definition) is 1. The molecule has 5 atom stereocenters. The predicted octanol–water partition coefficient (Wildman–Crippen LogP) is 6.23. The zero-order valence-electron chi connectivity index (χ0n) is 17.5. The number of hydrogen-bond acceptors (Lipinski definition) is 6. The Hall–Kier alpha value is -2.29. The first-order chi connectivity index (χ1) is 16.0. The third-order valence-corrected chi connectivity index (χ3v) is 10.3. The van der Waals surface area contributed by atoms with E-state index in [1.807, 2.05) is 24.3 Å². The molecule has 3 aromatic rings. The molecule has 1 aromatic heterocycles. The predicted molar refractivity (Wildman–Crippen MR) is 130 cm³/mol. The Bertz CT molecular complexity index is 1310. The largest absolute Gasteiger partial charge is 0.489 e. The summed E-state index contributed by atoms with van der Waals surface area (Å²) in [6, 6.07) is 12.3. The van der Waals surface area contributed by atoms with Crippen molar-refractivity contribution in [3.63, 3.8) is 0 Å². The highest BCUT2D eigenvalue weighted by Gasteiger charge is 2.55. The van der Waals surface area contributed by atoms with Gasteiger partial charge < -0.3 is 9.72 Å². The fourth-order valence-electron chi connectivity index (χ4n) is 5.99. The van der Waals surface area contributed by atoms with E-state index in [2.05, 4.69) is 4.98 Å². The average molecular weight is 501 g/mol. The molecule has 2 aromatic carbocycles. The highest BCUT2D eigenvalue weighted by molar-refractivity contribution is 8.00. The van der Waals surface area contributed by atoms with Crippen LogP contribution in [0.5, 0.6) is 5.75 Å². The van der Waals surface area contributed by atoms with Crippen molar-refractivity contribution >= 4 is 40.4 Å². The van der Waals surface area contributed by atoms with Crippen LogP contribution in [0.15, 0.2) is 52.3 Å². The van der Waals surface area contributed by atoms with Gasteiger partial charge in [0.15, 0.2) is 0 Å². The molecule has 6 rings (SSSR count). The summed E-state index contributed by atoms with van der Waals surface area (Å²) in [5, 5.41) is 13.6. The molecule has 1 N–H and O–H groups in total. The normalized spacial score (nSPS) is 27.2. The average Bonchev–Trinajstić information content (AvgIpc) is 3.51. The van der Waals surface area contributed by atoms with Crippen LogP contribution in [0.25, 0.3) is 0 Å². The lowest BCUT2D eigenvalue weighted by molar-refractivity contribution is -0.385. The molecule has 2 fully saturated rings. The lowest BCUT2D eigenvalue weighted by Gasteiger charge is -2.40. The summed E-state index contributed by atoms with van der Waals surface area (Å²) < 4.78 is 6.24. The van der Waals surface area contributed by atoms with Gasteiger partial charge in [0.1, 0.15) is 12.4 Å². The van der Waals surface area contributed by atoms with Crippen molar-refractivity contribution in [3.8, 4) is 5.75 Å². The number of nitro groups is 1. The first-order valence-electron chi connectivity index (χ1n) is 11.0. The molecule has 2 aliphatic carbocycles. The monoisotopic (exact) mass is 500 g/mol. The van der Waals surface area contributed by atoms with Crippen LogP contribution in [0.2, 0.25) is 5.02 Å². The van der Waals surface area contributed by atoms with Crippen LogP contribution in [-0.2, 0) is 6.61 Å². The van der Waals surface area contributed by atoms with Crippen molar-refractivity contribution in [2.45, 2.75) is 42.1 Å². The van der Waals surface area contributed by atoms with Gasteiger partial charge in [-0.2, -0.15) is 0 Å². The van der Waals surface area contributed by atoms with Crippen molar-refractivity contribution < 1.29 is 9.66 Å². The number of non-ortho nitro benzene ring substituents is 1. The Kier molecular flexibility index (Phi) is 5.27. The first-order valence-corrected chi connectivity index (χ1v) is 13.1. The topological polar surface area (TPSA) is 85.2 Å². The number of thioether (sulfide) groups is 1. The number of nitrogens with one attached hydrogen (secondary N) is 1. The molecule has 0 unspecified atom stereocenters. The summed E-state index contributed by atoms with van der Waals surface area (Å²) in [6.45, 7) is 0.266. The maximum Gasteiger partial charge on any atom is 0.305 e. The van der Waals surface area contributed by atoms with Crippen LogP contribution < -0.4 is 9.61 Å². The fourth-order valence-corrected chi connectivity index (χ4v) is 9.07. The Balaban J connectivity index is 1.46. The second-order valence-electron chi connectivity index (χ2n) is 9.04. The van der Waals surface area contributed by atoms with Crippen LogP contribution >= 0.6 is 34.7 Å². The van der Waals surface area contributed by atoms with Gasteiger partial charge in [-0.3, -0.25) is 14.9 Å². The molecular weight excluding hydrogens is 480 g/mol. The van der Waals surface area contributed by atoms with Gasteiger partial charge in [-0.25, -0.2) is 0 Å². The van der Waals surface area contributed by atoms with Gasteiger partial charge in [0.05, 0.1) is 9.95 Å². The number of nitrogens with zero attached hydrogens (tertiary/aromatic N) is 1. The first kappa shape index (κ1) is 21.3. The Morgan fingerprint density at radius 2 is 2.00 bits per heavy atom. The molecule has 0 radical (unpaired) electrons. The highest BCUT2D eigenvalue weighted by Crippen LogP contribution is 2.64. The molecule has 2 heterocycles. The van der Waals surface area contributed by atoms with Crippen LogP contribution in [-0.4, -0.2) is 15.2 Å². The van der Waals surface area contributed by atoms with Gasteiger partial charge in [-0.15, -0.1) is 11.8 Å². The third kappa shape index (κ3) is 3.59. The van der Waals surface area contributed by atoms with E-state index in [1.54, 1.807) is 23.9 Å². The van der Waals surface area contributed by atoms with E-state index in [9.17, 15) is 14.9 Å². The van der Waals surface area contributed by atoms with Gasteiger partial charge in [0.2, 0.25) is 0 Å². The van der Waals surface area contributed by atoms with E-state index >= 15 is 0 Å². The molecule has 0 saturated heterocycles. The van der Waals surface area contributed by atoms with E-state index in [4.69, 9.17) is 16.3 Å². The summed E-state index contributed by atoms with van der Waals surface area (Å²) in [4.78, 5) is 27.6. The summed E-state index contributed by atoms with van der Waals surface area (Å²) in [7, 11) is 0. The van der Waals surface area contributed by atoms with Gasteiger partial charge in [0, 0.05) is 44.3 Å². The summed E-state index contributed by atoms with van der Waals surface area (Å²) in [6.07, 6.45) is 3.60. The Morgan fingerprint density at radius 3 is 2.82 bits per heavy atom. The van der Waals surface area contributed by atoms with Crippen molar-refractivity contribution in [1.29, 1.82) is 0 Å². The molecule has 0 spiro atoms. The molecule has 2 bridgehead atoms. The number of benzene rings is 2. The van der Waals surface area contributed by atoms with Gasteiger partial charge in [-0.1, -0.05) is 41.1 Å². The lowest BCUT2D eigenvalue weighted by Crippen LogP contribution is -2.33. The quantitative estimate of drug-likeness (QED) is 0.331. The highest BCUT2D eigenvalue weighted by atomic mass is 35.5. The van der Waals surface area contributed by atoms with Gasteiger partial charge in [-0.05, 0) is 49.1 Å². The molecule has 1 aliphatic heterocycles. The molecule has 33 heavy (non-hydrogen) atoms. The van der Waals surface area contributed by atoms with Crippen molar-refractivity contribution in [1.82, 2.24) is 4.98 Å². The maximum absolute atomic E-state index is 12.3. The second-order valence-corrected chi connectivity index (χ2v) is 11.6. The molecular formula is C24H21ClN2O4S2. The summed E-state index contributed by atoms with van der Waals surface area (Å²) in [5.41, 5.74) is 1.69. The van der Waals surface area contributed by atoms with E-state index in [-0.39, 0.29) is 28.0 Å². The number of rotatable bonds is 5. The molecule has 170 valence electrons. The van der Waals surface area contributed by atoms with Crippen LogP contribution in [0.4, 0.5) is 5.69 Å². The molecule has 2 saturated carbocycles. The minimum Gasteiger partial charge on any atom is -0.489 e. The Morgan fingerprint density at radius 1 is 1.18 bits per heavy atom. The molecule has 0 amide bonds. The van der Waals surface area contributed by atoms with E-state index in [0.717, 1.165) is 21.0 Å². The Labute approximate surface area is 203 Å². The number of thiazole rings is 1. The van der Waals surface area contributed by atoms with Gasteiger partial charge >= 0.3 is 4.87 Å². The summed E-state index contributed by atoms with van der Waals surface area (Å²) in [5.74, 6) is 2.07.